The predicted molar refractivity (Wildman–Crippen MR) is 92.6 cm³/mol. The molecule has 0 aliphatic heterocycles. The number of amides is 1. The van der Waals surface area contributed by atoms with E-state index in [4.69, 9.17) is 11.6 Å². The van der Waals surface area contributed by atoms with Crippen molar-refractivity contribution in [2.24, 2.45) is 0 Å². The molecule has 0 saturated carbocycles. The summed E-state index contributed by atoms with van der Waals surface area (Å²) in [7, 11) is 0. The maximum Gasteiger partial charge on any atom is 0.259 e. The van der Waals surface area contributed by atoms with E-state index < -0.39 is 12.0 Å². The molecule has 0 bridgehead atoms. The first-order valence-corrected chi connectivity index (χ1v) is 8.08. The highest BCUT2D eigenvalue weighted by Crippen LogP contribution is 2.30. The van der Waals surface area contributed by atoms with Gasteiger partial charge in [-0.2, -0.15) is 0 Å². The average molecular weight is 345 g/mol. The molecular formula is C17H13ClN2O2S. The van der Waals surface area contributed by atoms with E-state index in [9.17, 15) is 9.90 Å². The van der Waals surface area contributed by atoms with Crippen molar-refractivity contribution in [3.63, 3.8) is 0 Å². The van der Waals surface area contributed by atoms with Gasteiger partial charge in [-0.25, -0.2) is 4.98 Å². The maximum absolute atomic E-state index is 12.1. The molecule has 0 fully saturated rings. The number of aliphatic hydroxyl groups is 1. The van der Waals surface area contributed by atoms with Gasteiger partial charge in [-0.3, -0.25) is 10.1 Å². The molecule has 0 saturated heterocycles. The fourth-order valence-corrected chi connectivity index (χ4v) is 2.99. The van der Waals surface area contributed by atoms with Crippen molar-refractivity contribution in [1.82, 2.24) is 4.98 Å². The van der Waals surface area contributed by atoms with Crippen LogP contribution in [0, 0.1) is 0 Å². The smallest absolute Gasteiger partial charge is 0.259 e. The first-order chi connectivity index (χ1) is 11.1. The van der Waals surface area contributed by atoms with E-state index in [2.05, 4.69) is 10.3 Å². The van der Waals surface area contributed by atoms with Gasteiger partial charge in [0.25, 0.3) is 5.91 Å². The molecule has 1 amide bonds. The van der Waals surface area contributed by atoms with Gasteiger partial charge in [0.15, 0.2) is 11.2 Å². The van der Waals surface area contributed by atoms with Crippen LogP contribution in [0.5, 0.6) is 0 Å². The number of benzene rings is 2. The average Bonchev–Trinajstić information content (AvgIpc) is 3.04. The number of anilines is 1. The summed E-state index contributed by atoms with van der Waals surface area (Å²) in [4.78, 5) is 17.2. The lowest BCUT2D eigenvalue weighted by Gasteiger charge is -2.09. The van der Waals surface area contributed by atoms with Gasteiger partial charge in [0, 0.05) is 11.2 Å². The number of hydrogen-bond acceptors (Lipinski definition) is 4. The molecule has 1 heterocycles. The predicted octanol–water partition coefficient (Wildman–Crippen LogP) is 4.14. The maximum atomic E-state index is 12.1. The van der Waals surface area contributed by atoms with E-state index in [1.165, 1.54) is 11.3 Å². The molecule has 116 valence electrons. The van der Waals surface area contributed by atoms with Crippen molar-refractivity contribution in [2.75, 3.05) is 5.32 Å². The number of hydrogen-bond donors (Lipinski definition) is 2. The van der Waals surface area contributed by atoms with Crippen LogP contribution in [0.2, 0.25) is 5.02 Å². The van der Waals surface area contributed by atoms with Gasteiger partial charge >= 0.3 is 0 Å². The Morgan fingerprint density at radius 2 is 1.83 bits per heavy atom. The lowest BCUT2D eigenvalue weighted by molar-refractivity contribution is -0.124. The SMILES string of the molecule is O=C(Nc1ncc(-c2ccc(Cl)cc2)s1)[C@H](O)c1ccccc1. The molecule has 6 heteroatoms. The van der Waals surface area contributed by atoms with E-state index in [0.29, 0.717) is 15.7 Å². The number of aliphatic hydroxyl groups excluding tert-OH is 1. The number of carbonyl (C=O) groups is 1. The summed E-state index contributed by atoms with van der Waals surface area (Å²) in [6.07, 6.45) is 0.456. The molecular weight excluding hydrogens is 332 g/mol. The summed E-state index contributed by atoms with van der Waals surface area (Å²) >= 11 is 7.20. The van der Waals surface area contributed by atoms with Crippen LogP contribution in [0.1, 0.15) is 11.7 Å². The molecule has 0 radical (unpaired) electrons. The van der Waals surface area contributed by atoms with E-state index >= 15 is 0 Å². The lowest BCUT2D eigenvalue weighted by Crippen LogP contribution is -2.20. The normalized spacial score (nSPS) is 11.9. The van der Waals surface area contributed by atoms with Gasteiger partial charge in [-0.1, -0.05) is 65.4 Å². The third-order valence-electron chi connectivity index (χ3n) is 3.23. The van der Waals surface area contributed by atoms with Crippen LogP contribution >= 0.6 is 22.9 Å². The zero-order valence-corrected chi connectivity index (χ0v) is 13.5. The van der Waals surface area contributed by atoms with Crippen molar-refractivity contribution >= 4 is 34.0 Å². The van der Waals surface area contributed by atoms with Gasteiger partial charge < -0.3 is 5.11 Å². The summed E-state index contributed by atoms with van der Waals surface area (Å²) in [5.74, 6) is -0.506. The number of nitrogens with zero attached hydrogens (tertiary/aromatic N) is 1. The molecule has 2 aromatic carbocycles. The monoisotopic (exact) mass is 344 g/mol. The van der Waals surface area contributed by atoms with Crippen molar-refractivity contribution in [3.05, 3.63) is 71.4 Å². The highest BCUT2D eigenvalue weighted by molar-refractivity contribution is 7.19. The van der Waals surface area contributed by atoms with Crippen LogP contribution in [-0.4, -0.2) is 16.0 Å². The number of carbonyl (C=O) groups excluding carboxylic acids is 1. The van der Waals surface area contributed by atoms with E-state index in [1.807, 2.05) is 18.2 Å². The molecule has 4 nitrogen and oxygen atoms in total. The Kier molecular flexibility index (Phi) is 4.71. The van der Waals surface area contributed by atoms with Crippen molar-refractivity contribution < 1.29 is 9.90 Å². The minimum absolute atomic E-state index is 0.440. The fourth-order valence-electron chi connectivity index (χ4n) is 2.04. The van der Waals surface area contributed by atoms with Crippen molar-refractivity contribution in [1.29, 1.82) is 0 Å². The summed E-state index contributed by atoms with van der Waals surface area (Å²) in [6.45, 7) is 0. The number of aromatic nitrogens is 1. The topological polar surface area (TPSA) is 62.2 Å². The van der Waals surface area contributed by atoms with E-state index in [0.717, 1.165) is 10.4 Å². The van der Waals surface area contributed by atoms with Gasteiger partial charge in [0.05, 0.1) is 4.88 Å². The number of thiazole rings is 1. The van der Waals surface area contributed by atoms with Crippen LogP contribution in [0.15, 0.2) is 60.8 Å². The van der Waals surface area contributed by atoms with Crippen LogP contribution in [0.4, 0.5) is 5.13 Å². The standard InChI is InChI=1S/C17H13ClN2O2S/c18-13-8-6-11(7-9-13)14-10-19-17(23-14)20-16(22)15(21)12-4-2-1-3-5-12/h1-10,15,21H,(H,19,20,22)/t15-/m1/s1. The molecule has 0 spiro atoms. The van der Waals surface area contributed by atoms with E-state index in [1.54, 1.807) is 42.6 Å². The number of nitrogens with one attached hydrogen (secondary N) is 1. The van der Waals surface area contributed by atoms with E-state index in [-0.39, 0.29) is 0 Å². The number of halogens is 1. The molecule has 1 atom stereocenters. The Morgan fingerprint density at radius 1 is 1.13 bits per heavy atom. The summed E-state index contributed by atoms with van der Waals surface area (Å²) < 4.78 is 0. The van der Waals surface area contributed by atoms with Crippen LogP contribution in [0.25, 0.3) is 10.4 Å². The zero-order chi connectivity index (χ0) is 16.2. The molecule has 0 unspecified atom stereocenters. The van der Waals surface area contributed by atoms with Crippen LogP contribution in [0.3, 0.4) is 0 Å². The Bertz CT molecular complexity index is 803. The van der Waals surface area contributed by atoms with Crippen LogP contribution < -0.4 is 5.32 Å². The van der Waals surface area contributed by atoms with Gasteiger partial charge in [-0.05, 0) is 23.3 Å². The summed E-state index contributed by atoms with van der Waals surface area (Å²) in [5, 5.41) is 13.8. The third kappa shape index (κ3) is 3.76. The van der Waals surface area contributed by atoms with Crippen molar-refractivity contribution in [3.8, 4) is 10.4 Å². The fraction of sp³-hybridized carbons (Fsp3) is 0.0588. The molecule has 3 rings (SSSR count). The minimum atomic E-state index is -1.22. The molecule has 0 aliphatic rings. The number of rotatable bonds is 4. The minimum Gasteiger partial charge on any atom is -0.378 e. The Hall–Kier alpha value is -2.21. The molecule has 2 N–H and O–H groups in total. The highest BCUT2D eigenvalue weighted by atomic mass is 35.5. The molecule has 1 aromatic heterocycles. The molecule has 23 heavy (non-hydrogen) atoms. The van der Waals surface area contributed by atoms with Crippen molar-refractivity contribution in [2.45, 2.75) is 6.10 Å². The lowest BCUT2D eigenvalue weighted by atomic mass is 10.1. The van der Waals surface area contributed by atoms with Crippen LogP contribution in [-0.2, 0) is 4.79 Å². The second-order valence-electron chi connectivity index (χ2n) is 4.84. The summed E-state index contributed by atoms with van der Waals surface area (Å²) in [5.41, 5.74) is 1.51. The first kappa shape index (κ1) is 15.7. The largest absolute Gasteiger partial charge is 0.378 e. The Labute approximate surface area is 142 Å². The second kappa shape index (κ2) is 6.91. The first-order valence-electron chi connectivity index (χ1n) is 6.89. The zero-order valence-electron chi connectivity index (χ0n) is 11.9. The molecule has 0 aliphatic carbocycles. The van der Waals surface area contributed by atoms with Gasteiger partial charge in [0.1, 0.15) is 0 Å². The second-order valence-corrected chi connectivity index (χ2v) is 6.31. The van der Waals surface area contributed by atoms with Gasteiger partial charge in [0.2, 0.25) is 0 Å². The summed E-state index contributed by atoms with van der Waals surface area (Å²) in [6, 6.07) is 16.1. The van der Waals surface area contributed by atoms with Gasteiger partial charge in [-0.15, -0.1) is 0 Å². The quantitative estimate of drug-likeness (QED) is 0.747. The third-order valence-corrected chi connectivity index (χ3v) is 4.44. The highest BCUT2D eigenvalue weighted by Gasteiger charge is 2.18. The molecule has 3 aromatic rings. The Balaban J connectivity index is 1.71. The Morgan fingerprint density at radius 3 is 2.52 bits per heavy atom.